The van der Waals surface area contributed by atoms with E-state index in [9.17, 15) is 18.4 Å². The summed E-state index contributed by atoms with van der Waals surface area (Å²) in [5.41, 5.74) is 6.80. The van der Waals surface area contributed by atoms with Crippen molar-refractivity contribution in [1.82, 2.24) is 30.3 Å². The highest BCUT2D eigenvalue weighted by Gasteiger charge is 2.26. The number of anilines is 1. The summed E-state index contributed by atoms with van der Waals surface area (Å²) in [5.74, 6) is 4.69. The van der Waals surface area contributed by atoms with Gasteiger partial charge in [-0.05, 0) is 38.0 Å². The van der Waals surface area contributed by atoms with Crippen molar-refractivity contribution in [3.05, 3.63) is 83.2 Å². The van der Waals surface area contributed by atoms with Crippen LogP contribution in [0.15, 0.2) is 48.8 Å². The normalized spacial score (nSPS) is 14.2. The van der Waals surface area contributed by atoms with Crippen molar-refractivity contribution in [2.24, 2.45) is 11.6 Å². The van der Waals surface area contributed by atoms with Crippen molar-refractivity contribution in [1.29, 1.82) is 0 Å². The van der Waals surface area contributed by atoms with Crippen molar-refractivity contribution in [3.8, 4) is 0 Å². The van der Waals surface area contributed by atoms with Crippen LogP contribution in [0.3, 0.4) is 0 Å². The molecule has 0 aliphatic heterocycles. The Hall–Kier alpha value is -4.72. The molecule has 38 heavy (non-hydrogen) atoms. The second kappa shape index (κ2) is 11.1. The number of carbonyl (C=O) groups is 2. The highest BCUT2D eigenvalue weighted by atomic mass is 19.1. The number of hydrazine groups is 1. The zero-order valence-corrected chi connectivity index (χ0v) is 20.5. The minimum Gasteiger partial charge on any atom is -0.441 e. The van der Waals surface area contributed by atoms with E-state index in [-0.39, 0.29) is 22.8 Å². The molecule has 3 aromatic heterocycles. The Balaban J connectivity index is 1.42. The first-order valence-electron chi connectivity index (χ1n) is 11.5. The Labute approximate surface area is 216 Å². The maximum absolute atomic E-state index is 13.9. The zero-order valence-electron chi connectivity index (χ0n) is 20.5. The van der Waals surface area contributed by atoms with Gasteiger partial charge in [-0.2, -0.15) is 4.39 Å². The molecule has 0 bridgehead atoms. The van der Waals surface area contributed by atoms with Crippen molar-refractivity contribution >= 4 is 23.4 Å². The number of halogens is 2. The number of aromatic nitrogens is 4. The molecule has 6 N–H and O–H groups in total. The third-order valence-corrected chi connectivity index (χ3v) is 5.56. The summed E-state index contributed by atoms with van der Waals surface area (Å²) in [4.78, 5) is 40.9. The van der Waals surface area contributed by atoms with Gasteiger partial charge in [0.25, 0.3) is 5.91 Å². The number of amides is 2. The molecule has 198 valence electrons. The SMILES string of the molecule is C[C@@H](OC(=O)N/C(=C(/N)c1ccc(NC(=O)c2cnc(C3CC3)nc2)cn1)N(C)N)c1cc(F)cnc1F. The molecule has 0 radical (unpaired) electrons. The molecule has 0 aromatic carbocycles. The van der Waals surface area contributed by atoms with Gasteiger partial charge in [0, 0.05) is 25.4 Å². The van der Waals surface area contributed by atoms with E-state index in [2.05, 4.69) is 30.6 Å². The lowest BCUT2D eigenvalue weighted by Gasteiger charge is -2.21. The van der Waals surface area contributed by atoms with Gasteiger partial charge in [0.15, 0.2) is 5.82 Å². The van der Waals surface area contributed by atoms with Crippen LogP contribution in [0.2, 0.25) is 0 Å². The summed E-state index contributed by atoms with van der Waals surface area (Å²) in [6.07, 6.45) is 4.96. The van der Waals surface area contributed by atoms with E-state index >= 15 is 0 Å². The van der Waals surface area contributed by atoms with Crippen LogP contribution >= 0.6 is 0 Å². The summed E-state index contributed by atoms with van der Waals surface area (Å²) in [6, 6.07) is 3.94. The summed E-state index contributed by atoms with van der Waals surface area (Å²) in [7, 11) is 1.41. The Morgan fingerprint density at radius 2 is 1.82 bits per heavy atom. The van der Waals surface area contributed by atoms with Gasteiger partial charge in [-0.3, -0.25) is 20.1 Å². The van der Waals surface area contributed by atoms with E-state index in [0.717, 1.165) is 29.7 Å². The fourth-order valence-corrected chi connectivity index (χ4v) is 3.38. The molecule has 3 aromatic rings. The number of pyridine rings is 2. The van der Waals surface area contributed by atoms with E-state index < -0.39 is 29.9 Å². The van der Waals surface area contributed by atoms with Gasteiger partial charge < -0.3 is 15.8 Å². The number of carbonyl (C=O) groups excluding carboxylic acids is 2. The van der Waals surface area contributed by atoms with Crippen molar-refractivity contribution < 1.29 is 23.1 Å². The minimum atomic E-state index is -1.17. The summed E-state index contributed by atoms with van der Waals surface area (Å²) in [6.45, 7) is 1.35. The van der Waals surface area contributed by atoms with Gasteiger partial charge in [0.1, 0.15) is 23.4 Å². The third kappa shape index (κ3) is 6.34. The number of hydrogen-bond acceptors (Lipinski definition) is 10. The van der Waals surface area contributed by atoms with E-state index in [0.29, 0.717) is 23.4 Å². The average Bonchev–Trinajstić information content (AvgIpc) is 3.74. The molecule has 1 aliphatic rings. The molecule has 4 rings (SSSR count). The molecule has 3 heterocycles. The monoisotopic (exact) mass is 525 g/mol. The van der Waals surface area contributed by atoms with E-state index in [4.69, 9.17) is 16.3 Å². The van der Waals surface area contributed by atoms with E-state index in [1.807, 2.05) is 0 Å². The van der Waals surface area contributed by atoms with Crippen LogP contribution in [-0.2, 0) is 4.74 Å². The molecular weight excluding hydrogens is 500 g/mol. The first-order valence-corrected chi connectivity index (χ1v) is 11.5. The van der Waals surface area contributed by atoms with Crippen LogP contribution in [0, 0.1) is 11.8 Å². The lowest BCUT2D eigenvalue weighted by atomic mass is 10.2. The molecule has 1 aliphatic carbocycles. The summed E-state index contributed by atoms with van der Waals surface area (Å²) >= 11 is 0. The summed E-state index contributed by atoms with van der Waals surface area (Å²) in [5, 5.41) is 6.08. The minimum absolute atomic E-state index is 0.0276. The fraction of sp³-hybridized carbons (Fsp3) is 0.250. The Morgan fingerprint density at radius 3 is 2.42 bits per heavy atom. The van der Waals surface area contributed by atoms with Crippen LogP contribution < -0.4 is 22.2 Å². The quantitative estimate of drug-likeness (QED) is 0.194. The second-order valence-electron chi connectivity index (χ2n) is 8.57. The molecule has 1 atom stereocenters. The Bertz CT molecular complexity index is 1360. The predicted octanol–water partition coefficient (Wildman–Crippen LogP) is 2.55. The summed E-state index contributed by atoms with van der Waals surface area (Å²) < 4.78 is 32.4. The number of rotatable bonds is 8. The topological polar surface area (TPSA) is 174 Å². The molecule has 0 spiro atoms. The lowest BCUT2D eigenvalue weighted by Crippen LogP contribution is -2.39. The van der Waals surface area contributed by atoms with Crippen LogP contribution in [-0.4, -0.2) is 44.0 Å². The highest BCUT2D eigenvalue weighted by Crippen LogP contribution is 2.37. The number of ether oxygens (including phenoxy) is 1. The largest absolute Gasteiger partial charge is 0.441 e. The van der Waals surface area contributed by atoms with E-state index in [1.54, 1.807) is 6.07 Å². The third-order valence-electron chi connectivity index (χ3n) is 5.56. The number of nitrogens with zero attached hydrogens (tertiary/aromatic N) is 5. The molecule has 2 amide bonds. The molecule has 1 saturated carbocycles. The Morgan fingerprint density at radius 1 is 1.11 bits per heavy atom. The molecule has 12 nitrogen and oxygen atoms in total. The predicted molar refractivity (Wildman–Crippen MR) is 131 cm³/mol. The van der Waals surface area contributed by atoms with E-state index in [1.165, 1.54) is 38.6 Å². The Kier molecular flexibility index (Phi) is 7.71. The standard InChI is InChI=1S/C24H25F2N9O3/c1-12(17-7-15(25)10-30-20(17)26)38-24(37)34-22(35(2)28)19(27)18-6-5-16(11-29-18)33-23(36)14-8-31-21(32-9-14)13-3-4-13/h5-13H,3-4,27-28H2,1-2H3,(H,33,36)(H,34,37)/b22-19-/t12-/m1/s1. The first-order chi connectivity index (χ1) is 18.1. The smallest absolute Gasteiger partial charge is 0.413 e. The molecular formula is C24H25F2N9O3. The highest BCUT2D eigenvalue weighted by molar-refractivity contribution is 6.03. The van der Waals surface area contributed by atoms with Gasteiger partial charge in [-0.15, -0.1) is 0 Å². The number of alkyl carbamates (subject to hydrolysis) is 1. The van der Waals surface area contributed by atoms with Crippen LogP contribution in [0.25, 0.3) is 5.70 Å². The maximum Gasteiger partial charge on any atom is 0.413 e. The fourth-order valence-electron chi connectivity index (χ4n) is 3.38. The lowest BCUT2D eigenvalue weighted by molar-refractivity contribution is 0.102. The van der Waals surface area contributed by atoms with Gasteiger partial charge >= 0.3 is 6.09 Å². The van der Waals surface area contributed by atoms with Crippen molar-refractivity contribution in [2.75, 3.05) is 12.4 Å². The maximum atomic E-state index is 13.9. The van der Waals surface area contributed by atoms with Crippen LogP contribution in [0.4, 0.5) is 19.3 Å². The van der Waals surface area contributed by atoms with Gasteiger partial charge in [0.05, 0.1) is 34.9 Å². The van der Waals surface area contributed by atoms with Crippen molar-refractivity contribution in [2.45, 2.75) is 31.8 Å². The molecule has 14 heteroatoms. The van der Waals surface area contributed by atoms with Crippen LogP contribution in [0.5, 0.6) is 0 Å². The van der Waals surface area contributed by atoms with Gasteiger partial charge in [-0.25, -0.2) is 30.0 Å². The molecule has 1 fully saturated rings. The first kappa shape index (κ1) is 26.3. The number of nitrogens with two attached hydrogens (primary N) is 2. The van der Waals surface area contributed by atoms with Crippen LogP contribution in [0.1, 0.15) is 59.2 Å². The van der Waals surface area contributed by atoms with Gasteiger partial charge in [0.2, 0.25) is 5.95 Å². The number of hydrogen-bond donors (Lipinski definition) is 4. The second-order valence-corrected chi connectivity index (χ2v) is 8.57. The van der Waals surface area contributed by atoms with Crippen molar-refractivity contribution in [3.63, 3.8) is 0 Å². The molecule has 0 unspecified atom stereocenters. The zero-order chi connectivity index (χ0) is 27.4. The van der Waals surface area contributed by atoms with Gasteiger partial charge in [-0.1, -0.05) is 0 Å². The average molecular weight is 526 g/mol. The molecule has 0 saturated heterocycles. The number of nitrogens with one attached hydrogen (secondary N) is 2.